The van der Waals surface area contributed by atoms with E-state index in [1.165, 1.54) is 51.4 Å². The van der Waals surface area contributed by atoms with Crippen molar-refractivity contribution in [2.75, 3.05) is 26.4 Å². The molecule has 0 spiro atoms. The van der Waals surface area contributed by atoms with Crippen molar-refractivity contribution in [3.63, 3.8) is 0 Å². The molecule has 5 heteroatoms. The number of rotatable bonds is 15. The predicted molar refractivity (Wildman–Crippen MR) is 76.5 cm³/mol. The van der Waals surface area contributed by atoms with Crippen molar-refractivity contribution in [1.82, 2.24) is 0 Å². The molecular formula is C15H30NaO4+. The summed E-state index contributed by atoms with van der Waals surface area (Å²) in [6, 6.07) is 0. The van der Waals surface area contributed by atoms with Gasteiger partial charge in [-0.1, -0.05) is 58.3 Å². The van der Waals surface area contributed by atoms with Crippen LogP contribution >= 0.6 is 0 Å². The van der Waals surface area contributed by atoms with Crippen LogP contribution in [0.1, 0.15) is 64.7 Å². The number of carboxylic acid groups (broad SMARTS) is 1. The van der Waals surface area contributed by atoms with Gasteiger partial charge in [0.1, 0.15) is 6.61 Å². The Bertz CT molecular complexity index is 200. The van der Waals surface area contributed by atoms with E-state index in [0.717, 1.165) is 13.0 Å². The number of hydrogen-bond acceptors (Lipinski definition) is 3. The fourth-order valence-corrected chi connectivity index (χ4v) is 1.89. The molecular weight excluding hydrogens is 267 g/mol. The summed E-state index contributed by atoms with van der Waals surface area (Å²) >= 11 is 0. The van der Waals surface area contributed by atoms with Crippen LogP contribution in [0.25, 0.3) is 0 Å². The van der Waals surface area contributed by atoms with Crippen LogP contribution in [0.5, 0.6) is 0 Å². The molecule has 0 aliphatic rings. The van der Waals surface area contributed by atoms with Crippen molar-refractivity contribution in [1.29, 1.82) is 0 Å². The summed E-state index contributed by atoms with van der Waals surface area (Å²) in [7, 11) is 0. The summed E-state index contributed by atoms with van der Waals surface area (Å²) in [5.41, 5.74) is 0. The van der Waals surface area contributed by atoms with Crippen molar-refractivity contribution < 1.29 is 48.9 Å². The Labute approximate surface area is 145 Å². The Kier molecular flexibility index (Phi) is 22.0. The van der Waals surface area contributed by atoms with E-state index in [9.17, 15) is 4.79 Å². The molecule has 1 N–H and O–H groups in total. The van der Waals surface area contributed by atoms with Crippen LogP contribution in [-0.4, -0.2) is 37.5 Å². The van der Waals surface area contributed by atoms with Crippen LogP contribution in [0, 0.1) is 0 Å². The van der Waals surface area contributed by atoms with Gasteiger partial charge in [0.2, 0.25) is 0 Å². The minimum atomic E-state index is -0.932. The molecule has 0 fully saturated rings. The van der Waals surface area contributed by atoms with Gasteiger partial charge in [0.15, 0.2) is 0 Å². The van der Waals surface area contributed by atoms with Gasteiger partial charge in [-0.2, -0.15) is 0 Å². The summed E-state index contributed by atoms with van der Waals surface area (Å²) in [5.74, 6) is -0.932. The second-order valence-corrected chi connectivity index (χ2v) is 4.89. The van der Waals surface area contributed by atoms with E-state index in [1.54, 1.807) is 0 Å². The zero-order valence-electron chi connectivity index (χ0n) is 13.4. The molecule has 20 heavy (non-hydrogen) atoms. The van der Waals surface area contributed by atoms with Gasteiger partial charge < -0.3 is 14.6 Å². The van der Waals surface area contributed by atoms with Crippen LogP contribution in [0.2, 0.25) is 0 Å². The van der Waals surface area contributed by atoms with E-state index in [4.69, 9.17) is 14.6 Å². The quantitative estimate of drug-likeness (QED) is 0.356. The van der Waals surface area contributed by atoms with Gasteiger partial charge in [-0.3, -0.25) is 0 Å². The number of carboxylic acids is 1. The van der Waals surface area contributed by atoms with E-state index in [0.29, 0.717) is 13.2 Å². The standard InChI is InChI=1S/C15H30O4.Na/c1-2-3-4-5-6-7-8-9-10-11-18-12-13-19-14-15(16)17;/h2-14H2,1H3,(H,16,17);/q;+1. The van der Waals surface area contributed by atoms with Crippen molar-refractivity contribution >= 4 is 5.97 Å². The van der Waals surface area contributed by atoms with Crippen LogP contribution in [0.4, 0.5) is 0 Å². The summed E-state index contributed by atoms with van der Waals surface area (Å²) in [6.45, 7) is 3.62. The number of aliphatic carboxylic acids is 1. The van der Waals surface area contributed by atoms with Crippen LogP contribution in [0.3, 0.4) is 0 Å². The van der Waals surface area contributed by atoms with Gasteiger partial charge in [0, 0.05) is 6.61 Å². The number of hydrogen-bond donors (Lipinski definition) is 1. The van der Waals surface area contributed by atoms with Crippen LogP contribution in [0.15, 0.2) is 0 Å². The third-order valence-corrected chi connectivity index (χ3v) is 2.99. The molecule has 114 valence electrons. The Balaban J connectivity index is 0. The van der Waals surface area contributed by atoms with Gasteiger partial charge in [-0.25, -0.2) is 4.79 Å². The third-order valence-electron chi connectivity index (χ3n) is 2.99. The van der Waals surface area contributed by atoms with Gasteiger partial charge in [-0.15, -0.1) is 0 Å². The first-order valence-corrected chi connectivity index (χ1v) is 7.64. The van der Waals surface area contributed by atoms with E-state index >= 15 is 0 Å². The maximum absolute atomic E-state index is 10.2. The van der Waals surface area contributed by atoms with Crippen molar-refractivity contribution in [2.24, 2.45) is 0 Å². The monoisotopic (exact) mass is 297 g/mol. The van der Waals surface area contributed by atoms with Crippen molar-refractivity contribution in [2.45, 2.75) is 64.7 Å². The van der Waals surface area contributed by atoms with E-state index in [1.807, 2.05) is 0 Å². The number of carbonyl (C=O) groups is 1. The molecule has 0 heterocycles. The summed E-state index contributed by atoms with van der Waals surface area (Å²) in [6.07, 6.45) is 11.8. The molecule has 0 aliphatic carbocycles. The fourth-order valence-electron chi connectivity index (χ4n) is 1.89. The third kappa shape index (κ3) is 20.7. The Morgan fingerprint density at radius 1 is 0.800 bits per heavy atom. The average molecular weight is 297 g/mol. The largest absolute Gasteiger partial charge is 1.00 e. The smallest absolute Gasteiger partial charge is 0.480 e. The van der Waals surface area contributed by atoms with Gasteiger partial charge in [0.25, 0.3) is 0 Å². The maximum atomic E-state index is 10.2. The normalized spacial score (nSPS) is 10.2. The minimum absolute atomic E-state index is 0. The van der Waals surface area contributed by atoms with Gasteiger partial charge >= 0.3 is 35.5 Å². The second kappa shape index (κ2) is 19.4. The van der Waals surface area contributed by atoms with Crippen LogP contribution in [-0.2, 0) is 14.3 Å². The summed E-state index contributed by atoms with van der Waals surface area (Å²) in [5, 5.41) is 8.34. The first-order valence-electron chi connectivity index (χ1n) is 7.64. The number of unbranched alkanes of at least 4 members (excludes halogenated alkanes) is 8. The molecule has 0 saturated heterocycles. The van der Waals surface area contributed by atoms with Crippen molar-refractivity contribution in [3.05, 3.63) is 0 Å². The topological polar surface area (TPSA) is 55.8 Å². The summed E-state index contributed by atoms with van der Waals surface area (Å²) < 4.78 is 10.2. The molecule has 0 aromatic rings. The van der Waals surface area contributed by atoms with Crippen LogP contribution < -0.4 is 29.6 Å². The average Bonchev–Trinajstić information content (AvgIpc) is 2.39. The molecule has 0 aromatic carbocycles. The predicted octanol–water partition coefficient (Wildman–Crippen LogP) is 0.639. The van der Waals surface area contributed by atoms with E-state index in [-0.39, 0.29) is 36.2 Å². The number of ether oxygens (including phenoxy) is 2. The van der Waals surface area contributed by atoms with Gasteiger partial charge in [-0.05, 0) is 6.42 Å². The first-order chi connectivity index (χ1) is 9.27. The van der Waals surface area contributed by atoms with E-state index in [2.05, 4.69) is 6.92 Å². The summed E-state index contributed by atoms with van der Waals surface area (Å²) in [4.78, 5) is 10.2. The molecule has 0 amide bonds. The zero-order chi connectivity index (χ0) is 14.2. The van der Waals surface area contributed by atoms with E-state index < -0.39 is 5.97 Å². The molecule has 4 nitrogen and oxygen atoms in total. The Hall–Kier alpha value is 0.390. The van der Waals surface area contributed by atoms with Crippen molar-refractivity contribution in [3.8, 4) is 0 Å². The molecule has 0 aliphatic heterocycles. The molecule has 0 saturated carbocycles. The Morgan fingerprint density at radius 2 is 1.30 bits per heavy atom. The molecule has 0 aromatic heterocycles. The SMILES string of the molecule is CCCCCCCCCCCOCCOCC(=O)O.[Na+]. The van der Waals surface area contributed by atoms with Gasteiger partial charge in [0.05, 0.1) is 13.2 Å². The zero-order valence-corrected chi connectivity index (χ0v) is 15.4. The maximum Gasteiger partial charge on any atom is 1.00 e. The minimum Gasteiger partial charge on any atom is -0.480 e. The molecule has 0 rings (SSSR count). The molecule has 0 radical (unpaired) electrons. The first kappa shape index (κ1) is 22.7. The molecule has 0 unspecified atom stereocenters. The Morgan fingerprint density at radius 3 is 1.85 bits per heavy atom. The second-order valence-electron chi connectivity index (χ2n) is 4.89. The molecule has 0 atom stereocenters. The molecule has 0 bridgehead atoms. The fraction of sp³-hybridized carbons (Fsp3) is 0.933.